The maximum Gasteiger partial charge on any atom is 0.297 e. The van der Waals surface area contributed by atoms with Gasteiger partial charge in [0.05, 0.1) is 15.7 Å². The number of hydrogen-bond acceptors (Lipinski definition) is 4. The fourth-order valence-corrected chi connectivity index (χ4v) is 3.30. The van der Waals surface area contributed by atoms with Crippen LogP contribution < -0.4 is 4.72 Å². The lowest BCUT2D eigenvalue weighted by Crippen LogP contribution is -2.17. The van der Waals surface area contributed by atoms with Gasteiger partial charge in [-0.15, -0.1) is 0 Å². The highest BCUT2D eigenvalue weighted by Crippen LogP contribution is 2.31. The third-order valence-corrected chi connectivity index (χ3v) is 4.17. The minimum absolute atomic E-state index is 0.110. The van der Waals surface area contributed by atoms with Crippen molar-refractivity contribution in [2.75, 3.05) is 4.72 Å². The number of nitrogens with one attached hydrogen (secondary N) is 1. The Labute approximate surface area is 127 Å². The molecule has 0 atom stereocenters. The van der Waals surface area contributed by atoms with E-state index in [0.29, 0.717) is 11.4 Å². The molecule has 2 aromatic rings. The van der Waals surface area contributed by atoms with Crippen LogP contribution in [0.2, 0.25) is 10.0 Å². The monoisotopic (exact) mass is 331 g/mol. The van der Waals surface area contributed by atoms with E-state index in [1.165, 1.54) is 12.1 Å². The van der Waals surface area contributed by atoms with Gasteiger partial charge in [0.1, 0.15) is 0 Å². The smallest absolute Gasteiger partial charge is 0.274 e. The van der Waals surface area contributed by atoms with Gasteiger partial charge in [0, 0.05) is 11.4 Å². The van der Waals surface area contributed by atoms with Gasteiger partial charge in [-0.1, -0.05) is 29.3 Å². The van der Waals surface area contributed by atoms with E-state index in [-0.39, 0.29) is 20.9 Å². The third kappa shape index (κ3) is 3.20. The van der Waals surface area contributed by atoms with Crippen LogP contribution in [-0.2, 0) is 10.0 Å². The largest absolute Gasteiger partial charge is 0.297 e. The molecule has 20 heavy (non-hydrogen) atoms. The average molecular weight is 332 g/mol. The lowest BCUT2D eigenvalue weighted by Gasteiger charge is -2.10. The quantitative estimate of drug-likeness (QED) is 0.876. The van der Waals surface area contributed by atoms with Crippen molar-refractivity contribution in [2.24, 2.45) is 0 Å². The van der Waals surface area contributed by atoms with Gasteiger partial charge < -0.3 is 0 Å². The predicted octanol–water partition coefficient (Wildman–Crippen LogP) is 3.20. The minimum atomic E-state index is -3.94. The number of nitrogens with zero attached hydrogens (tertiary/aromatic N) is 2. The van der Waals surface area contributed by atoms with Crippen LogP contribution in [0.3, 0.4) is 0 Å². The van der Waals surface area contributed by atoms with Crippen molar-refractivity contribution in [3.63, 3.8) is 0 Å². The molecule has 0 aliphatic heterocycles. The van der Waals surface area contributed by atoms with Crippen LogP contribution in [0.1, 0.15) is 11.4 Å². The first kappa shape index (κ1) is 15.0. The van der Waals surface area contributed by atoms with E-state index in [9.17, 15) is 8.42 Å². The summed E-state index contributed by atoms with van der Waals surface area (Å²) in [5.74, 6) is 0. The molecule has 0 unspecified atom stereocenters. The molecule has 1 aromatic carbocycles. The molecule has 0 bridgehead atoms. The molecular weight excluding hydrogens is 321 g/mol. The molecule has 2 rings (SSSR count). The van der Waals surface area contributed by atoms with Crippen LogP contribution in [0.5, 0.6) is 0 Å². The first-order valence-corrected chi connectivity index (χ1v) is 7.82. The van der Waals surface area contributed by atoms with E-state index in [2.05, 4.69) is 14.7 Å². The Kier molecular flexibility index (Phi) is 4.17. The fourth-order valence-electron chi connectivity index (χ4n) is 1.59. The van der Waals surface area contributed by atoms with E-state index < -0.39 is 10.0 Å². The number of sulfonamides is 1. The Morgan fingerprint density at radius 3 is 2.05 bits per heavy atom. The Bertz CT molecular complexity index is 723. The number of aryl methyl sites for hydroxylation is 2. The van der Waals surface area contributed by atoms with E-state index >= 15 is 0 Å². The van der Waals surface area contributed by atoms with Crippen molar-refractivity contribution < 1.29 is 8.42 Å². The molecule has 1 N–H and O–H groups in total. The number of halogens is 2. The predicted molar refractivity (Wildman–Crippen MR) is 78.8 cm³/mol. The molecule has 0 aliphatic carbocycles. The highest BCUT2D eigenvalue weighted by Gasteiger charge is 2.21. The van der Waals surface area contributed by atoms with Crippen LogP contribution in [0.4, 0.5) is 5.69 Å². The highest BCUT2D eigenvalue weighted by atomic mass is 35.5. The molecule has 1 heterocycles. The fraction of sp³-hybridized carbons (Fsp3) is 0.167. The molecule has 0 aliphatic rings. The van der Waals surface area contributed by atoms with Crippen molar-refractivity contribution in [3.8, 4) is 0 Å². The third-order valence-electron chi connectivity index (χ3n) is 2.40. The van der Waals surface area contributed by atoms with Gasteiger partial charge in [0.2, 0.25) is 0 Å². The van der Waals surface area contributed by atoms with Crippen LogP contribution in [0, 0.1) is 13.8 Å². The molecule has 8 heteroatoms. The van der Waals surface area contributed by atoms with E-state index in [1.807, 2.05) is 0 Å². The van der Waals surface area contributed by atoms with Crippen LogP contribution >= 0.6 is 23.2 Å². The number of aromatic nitrogens is 2. The Morgan fingerprint density at radius 2 is 1.55 bits per heavy atom. The number of para-hydroxylation sites is 1. The molecule has 0 amide bonds. The summed E-state index contributed by atoms with van der Waals surface area (Å²) in [4.78, 5) is 7.83. The number of anilines is 1. The molecule has 0 fully saturated rings. The second kappa shape index (κ2) is 5.55. The highest BCUT2D eigenvalue weighted by molar-refractivity contribution is 7.92. The molecule has 0 saturated heterocycles. The first-order valence-electron chi connectivity index (χ1n) is 5.59. The number of rotatable bonds is 3. The van der Waals surface area contributed by atoms with Crippen LogP contribution in [0.15, 0.2) is 29.4 Å². The van der Waals surface area contributed by atoms with Crippen molar-refractivity contribution in [2.45, 2.75) is 19.0 Å². The second-order valence-corrected chi connectivity index (χ2v) is 6.53. The summed E-state index contributed by atoms with van der Waals surface area (Å²) >= 11 is 11.9. The summed E-state index contributed by atoms with van der Waals surface area (Å²) in [5.41, 5.74) is 1.23. The summed E-state index contributed by atoms with van der Waals surface area (Å²) in [6.07, 6.45) is 0. The zero-order chi connectivity index (χ0) is 14.9. The van der Waals surface area contributed by atoms with E-state index in [4.69, 9.17) is 23.2 Å². The molecule has 106 valence electrons. The zero-order valence-electron chi connectivity index (χ0n) is 10.7. The maximum atomic E-state index is 12.3. The summed E-state index contributed by atoms with van der Waals surface area (Å²) in [7, 11) is -3.94. The van der Waals surface area contributed by atoms with Gasteiger partial charge in [-0.05, 0) is 32.0 Å². The van der Waals surface area contributed by atoms with Crippen LogP contribution in [-0.4, -0.2) is 18.4 Å². The lowest BCUT2D eigenvalue weighted by atomic mass is 10.3. The van der Waals surface area contributed by atoms with Gasteiger partial charge in [-0.3, -0.25) is 4.72 Å². The van der Waals surface area contributed by atoms with E-state index in [0.717, 1.165) is 0 Å². The van der Waals surface area contributed by atoms with Gasteiger partial charge in [0.15, 0.2) is 0 Å². The van der Waals surface area contributed by atoms with Gasteiger partial charge in [-0.25, -0.2) is 9.97 Å². The SMILES string of the molecule is Cc1cc(C)nc(S(=O)(=O)Nc2c(Cl)cccc2Cl)n1. The number of hydrogen-bond donors (Lipinski definition) is 1. The van der Waals surface area contributed by atoms with Gasteiger partial charge in [0.25, 0.3) is 15.2 Å². The summed E-state index contributed by atoms with van der Waals surface area (Å²) in [6, 6.07) is 6.37. The Morgan fingerprint density at radius 1 is 1.05 bits per heavy atom. The normalized spacial score (nSPS) is 11.4. The minimum Gasteiger partial charge on any atom is -0.274 e. The number of benzene rings is 1. The van der Waals surface area contributed by atoms with Crippen molar-refractivity contribution >= 4 is 38.9 Å². The van der Waals surface area contributed by atoms with E-state index in [1.54, 1.807) is 26.0 Å². The average Bonchev–Trinajstić information content (AvgIpc) is 2.33. The maximum absolute atomic E-state index is 12.3. The summed E-state index contributed by atoms with van der Waals surface area (Å²) < 4.78 is 26.8. The molecule has 0 saturated carbocycles. The molecular formula is C12H11Cl2N3O2S. The van der Waals surface area contributed by atoms with Crippen molar-refractivity contribution in [3.05, 3.63) is 45.7 Å². The molecule has 0 radical (unpaired) electrons. The molecule has 5 nitrogen and oxygen atoms in total. The van der Waals surface area contributed by atoms with Gasteiger partial charge >= 0.3 is 0 Å². The zero-order valence-corrected chi connectivity index (χ0v) is 13.0. The standard InChI is InChI=1S/C12H11Cl2N3O2S/c1-7-6-8(2)16-12(15-7)20(18,19)17-11-9(13)4-3-5-10(11)14/h3-6,17H,1-2H3. The summed E-state index contributed by atoms with van der Waals surface area (Å²) in [5, 5.41) is 0.0851. The molecule has 1 aromatic heterocycles. The summed E-state index contributed by atoms with van der Waals surface area (Å²) in [6.45, 7) is 3.38. The Hall–Kier alpha value is -1.37. The topological polar surface area (TPSA) is 72.0 Å². The lowest BCUT2D eigenvalue weighted by molar-refractivity contribution is 0.591. The van der Waals surface area contributed by atoms with Gasteiger partial charge in [-0.2, -0.15) is 8.42 Å². The molecule has 0 spiro atoms. The second-order valence-electron chi connectivity index (χ2n) is 4.14. The van der Waals surface area contributed by atoms with Crippen LogP contribution in [0.25, 0.3) is 0 Å². The Balaban J connectivity index is 2.46. The first-order chi connectivity index (χ1) is 9.29. The van der Waals surface area contributed by atoms with Crippen molar-refractivity contribution in [1.29, 1.82) is 0 Å². The van der Waals surface area contributed by atoms with Crippen molar-refractivity contribution in [1.82, 2.24) is 9.97 Å².